The number of halogens is 2. The third-order valence-electron chi connectivity index (χ3n) is 2.58. The quantitative estimate of drug-likeness (QED) is 0.807. The maximum absolute atomic E-state index is 12.0. The molecule has 0 saturated heterocycles. The summed E-state index contributed by atoms with van der Waals surface area (Å²) >= 11 is 9.54. The fourth-order valence-corrected chi connectivity index (χ4v) is 2.57. The molecular formula is C14H19BrClNO. The van der Waals surface area contributed by atoms with Gasteiger partial charge in [-0.3, -0.25) is 4.79 Å². The van der Waals surface area contributed by atoms with Crippen molar-refractivity contribution >= 4 is 33.4 Å². The molecule has 0 radical (unpaired) electrons. The summed E-state index contributed by atoms with van der Waals surface area (Å²) < 4.78 is 0.806. The predicted octanol–water partition coefficient (Wildman–Crippen LogP) is 4.14. The van der Waals surface area contributed by atoms with E-state index in [-0.39, 0.29) is 11.3 Å². The van der Waals surface area contributed by atoms with Gasteiger partial charge in [0.2, 0.25) is 0 Å². The molecule has 0 heterocycles. The molecular weight excluding hydrogens is 314 g/mol. The van der Waals surface area contributed by atoms with E-state index in [4.69, 9.17) is 11.6 Å². The zero-order chi connectivity index (χ0) is 13.7. The van der Waals surface area contributed by atoms with Gasteiger partial charge in [-0.25, -0.2) is 0 Å². The first-order valence-corrected chi connectivity index (χ1v) is 7.31. The molecule has 1 aromatic carbocycles. The van der Waals surface area contributed by atoms with E-state index >= 15 is 0 Å². The number of benzene rings is 1. The molecule has 0 aromatic heterocycles. The fraction of sp³-hybridized carbons (Fsp3) is 0.500. The zero-order valence-electron chi connectivity index (χ0n) is 11.0. The van der Waals surface area contributed by atoms with Crippen molar-refractivity contribution in [3.05, 3.63) is 33.8 Å². The van der Waals surface area contributed by atoms with Crippen molar-refractivity contribution in [2.45, 2.75) is 32.6 Å². The molecule has 100 valence electrons. The highest BCUT2D eigenvalue weighted by Crippen LogP contribution is 2.18. The molecule has 1 unspecified atom stereocenters. The molecule has 0 saturated carbocycles. The minimum atomic E-state index is -0.0834. The third kappa shape index (κ3) is 4.99. The van der Waals surface area contributed by atoms with E-state index in [0.29, 0.717) is 18.0 Å². The van der Waals surface area contributed by atoms with Crippen LogP contribution in [0.5, 0.6) is 0 Å². The SMILES string of the molecule is Cc1ccc(Br)c(C(=O)NCC(Cl)CC(C)C)c1. The Labute approximate surface area is 122 Å². The molecule has 0 aliphatic heterocycles. The van der Waals surface area contributed by atoms with Crippen LogP contribution < -0.4 is 5.32 Å². The second-order valence-corrected chi connectivity index (χ2v) is 6.39. The molecule has 1 N–H and O–H groups in total. The van der Waals surface area contributed by atoms with E-state index in [9.17, 15) is 4.79 Å². The smallest absolute Gasteiger partial charge is 0.252 e. The Morgan fingerprint density at radius 2 is 2.11 bits per heavy atom. The van der Waals surface area contributed by atoms with E-state index < -0.39 is 0 Å². The minimum absolute atomic E-state index is 0.0162. The van der Waals surface area contributed by atoms with Crippen LogP contribution in [0.2, 0.25) is 0 Å². The first kappa shape index (κ1) is 15.5. The van der Waals surface area contributed by atoms with Gasteiger partial charge in [0.1, 0.15) is 0 Å². The Morgan fingerprint density at radius 3 is 2.72 bits per heavy atom. The number of carbonyl (C=O) groups excluding carboxylic acids is 1. The Hall–Kier alpha value is -0.540. The highest BCUT2D eigenvalue weighted by molar-refractivity contribution is 9.10. The summed E-state index contributed by atoms with van der Waals surface area (Å²) in [5.74, 6) is 0.454. The first-order valence-electron chi connectivity index (χ1n) is 6.08. The summed E-state index contributed by atoms with van der Waals surface area (Å²) in [5, 5.41) is 2.86. The van der Waals surface area contributed by atoms with Crippen LogP contribution in [0.1, 0.15) is 36.2 Å². The first-order chi connectivity index (χ1) is 8.40. The number of hydrogen-bond acceptors (Lipinski definition) is 1. The van der Waals surface area contributed by atoms with E-state index in [1.54, 1.807) is 0 Å². The largest absolute Gasteiger partial charge is 0.351 e. The van der Waals surface area contributed by atoms with Crippen LogP contribution in [0.25, 0.3) is 0 Å². The van der Waals surface area contributed by atoms with Crippen LogP contribution >= 0.6 is 27.5 Å². The molecule has 4 heteroatoms. The molecule has 0 spiro atoms. The highest BCUT2D eigenvalue weighted by atomic mass is 79.9. The predicted molar refractivity (Wildman–Crippen MR) is 80.3 cm³/mol. The average Bonchev–Trinajstić information content (AvgIpc) is 2.28. The number of rotatable bonds is 5. The lowest BCUT2D eigenvalue weighted by molar-refractivity contribution is 0.0952. The second kappa shape index (κ2) is 7.15. The van der Waals surface area contributed by atoms with Gasteiger partial charge in [0.25, 0.3) is 5.91 Å². The maximum Gasteiger partial charge on any atom is 0.252 e. The molecule has 1 atom stereocenters. The Morgan fingerprint density at radius 1 is 1.44 bits per heavy atom. The molecule has 1 amide bonds. The van der Waals surface area contributed by atoms with Crippen LogP contribution in [0.15, 0.2) is 22.7 Å². The summed E-state index contributed by atoms with van der Waals surface area (Å²) in [6, 6.07) is 5.71. The van der Waals surface area contributed by atoms with Gasteiger partial charge in [-0.2, -0.15) is 0 Å². The van der Waals surface area contributed by atoms with Crippen molar-refractivity contribution in [1.29, 1.82) is 0 Å². The lowest BCUT2D eigenvalue weighted by atomic mass is 10.1. The maximum atomic E-state index is 12.0. The molecule has 0 fully saturated rings. The van der Waals surface area contributed by atoms with Crippen molar-refractivity contribution in [2.24, 2.45) is 5.92 Å². The lowest BCUT2D eigenvalue weighted by Gasteiger charge is -2.13. The van der Waals surface area contributed by atoms with E-state index in [0.717, 1.165) is 16.5 Å². The molecule has 0 bridgehead atoms. The van der Waals surface area contributed by atoms with E-state index in [1.807, 2.05) is 25.1 Å². The number of hydrogen-bond donors (Lipinski definition) is 1. The van der Waals surface area contributed by atoms with Crippen molar-refractivity contribution in [1.82, 2.24) is 5.32 Å². The molecule has 0 aliphatic carbocycles. The molecule has 0 aliphatic rings. The highest BCUT2D eigenvalue weighted by Gasteiger charge is 2.13. The number of amides is 1. The van der Waals surface area contributed by atoms with Crippen LogP contribution in [0.3, 0.4) is 0 Å². The van der Waals surface area contributed by atoms with Crippen molar-refractivity contribution in [2.75, 3.05) is 6.54 Å². The number of nitrogens with one attached hydrogen (secondary N) is 1. The van der Waals surface area contributed by atoms with Gasteiger partial charge in [0, 0.05) is 11.0 Å². The van der Waals surface area contributed by atoms with E-state index in [2.05, 4.69) is 35.1 Å². The summed E-state index contributed by atoms with van der Waals surface area (Å²) in [6.45, 7) is 6.70. The number of aryl methyl sites for hydroxylation is 1. The fourth-order valence-electron chi connectivity index (χ4n) is 1.71. The summed E-state index contributed by atoms with van der Waals surface area (Å²) in [4.78, 5) is 12.0. The molecule has 1 rings (SSSR count). The van der Waals surface area contributed by atoms with Gasteiger partial charge < -0.3 is 5.32 Å². The van der Waals surface area contributed by atoms with Gasteiger partial charge >= 0.3 is 0 Å². The van der Waals surface area contributed by atoms with E-state index in [1.165, 1.54) is 0 Å². The van der Waals surface area contributed by atoms with Crippen LogP contribution in [0.4, 0.5) is 0 Å². The standard InChI is InChI=1S/C14H19BrClNO/c1-9(2)6-11(16)8-17-14(18)12-7-10(3)4-5-13(12)15/h4-5,7,9,11H,6,8H2,1-3H3,(H,17,18). The molecule has 18 heavy (non-hydrogen) atoms. The van der Waals surface area contributed by atoms with Crippen molar-refractivity contribution < 1.29 is 4.79 Å². The van der Waals surface area contributed by atoms with Gasteiger partial charge in [-0.15, -0.1) is 11.6 Å². The number of alkyl halides is 1. The van der Waals surface area contributed by atoms with Gasteiger partial charge in [-0.1, -0.05) is 25.5 Å². The van der Waals surface area contributed by atoms with Crippen LogP contribution in [0, 0.1) is 12.8 Å². The Bertz CT molecular complexity index is 420. The summed E-state index contributed by atoms with van der Waals surface area (Å²) in [7, 11) is 0. The number of carbonyl (C=O) groups is 1. The van der Waals surface area contributed by atoms with Crippen molar-refractivity contribution in [3.63, 3.8) is 0 Å². The Balaban J connectivity index is 2.58. The molecule has 2 nitrogen and oxygen atoms in total. The molecule has 1 aromatic rings. The third-order valence-corrected chi connectivity index (χ3v) is 3.60. The average molecular weight is 333 g/mol. The minimum Gasteiger partial charge on any atom is -0.351 e. The van der Waals surface area contributed by atoms with Gasteiger partial charge in [0.15, 0.2) is 0 Å². The van der Waals surface area contributed by atoms with Gasteiger partial charge in [-0.05, 0) is 47.3 Å². The summed E-state index contributed by atoms with van der Waals surface area (Å²) in [6.07, 6.45) is 0.900. The van der Waals surface area contributed by atoms with Crippen molar-refractivity contribution in [3.8, 4) is 0 Å². The topological polar surface area (TPSA) is 29.1 Å². The normalized spacial score (nSPS) is 12.6. The second-order valence-electron chi connectivity index (χ2n) is 4.92. The van der Waals surface area contributed by atoms with Crippen LogP contribution in [-0.2, 0) is 0 Å². The van der Waals surface area contributed by atoms with Gasteiger partial charge in [0.05, 0.1) is 10.9 Å². The zero-order valence-corrected chi connectivity index (χ0v) is 13.3. The monoisotopic (exact) mass is 331 g/mol. The van der Waals surface area contributed by atoms with Crippen LogP contribution in [-0.4, -0.2) is 17.8 Å². The summed E-state index contributed by atoms with van der Waals surface area (Å²) in [5.41, 5.74) is 1.72. The lowest BCUT2D eigenvalue weighted by Crippen LogP contribution is -2.30. The Kier molecular flexibility index (Phi) is 6.16.